The summed E-state index contributed by atoms with van der Waals surface area (Å²) in [6.45, 7) is 0.414. The van der Waals surface area contributed by atoms with E-state index in [1.165, 1.54) is 9.34 Å². The van der Waals surface area contributed by atoms with Crippen LogP contribution in [0.4, 0.5) is 0 Å². The van der Waals surface area contributed by atoms with Crippen molar-refractivity contribution in [2.75, 3.05) is 39.0 Å². The van der Waals surface area contributed by atoms with Gasteiger partial charge in [-0.2, -0.15) is 9.34 Å². The Bertz CT molecular complexity index is 227. The van der Waals surface area contributed by atoms with Crippen molar-refractivity contribution in [3.05, 3.63) is 0 Å². The molecule has 1 saturated heterocycles. The molecule has 8 heteroatoms. The average Bonchev–Trinajstić information content (AvgIpc) is 2.26. The number of aliphatic hydroxyl groups is 2. The SMILES string of the molecule is O=P1(OCCCl)N(CO)CCCN1CO. The number of alkyl halides is 1. The van der Waals surface area contributed by atoms with Gasteiger partial charge in [0.25, 0.3) is 0 Å². The summed E-state index contributed by atoms with van der Waals surface area (Å²) < 4.78 is 20.2. The Morgan fingerprint density at radius 1 is 1.27 bits per heavy atom. The third kappa shape index (κ3) is 2.91. The van der Waals surface area contributed by atoms with E-state index in [1.807, 2.05) is 0 Å². The van der Waals surface area contributed by atoms with E-state index < -0.39 is 7.67 Å². The molecule has 0 aliphatic carbocycles. The summed E-state index contributed by atoms with van der Waals surface area (Å²) in [6.07, 6.45) is 0.731. The van der Waals surface area contributed by atoms with E-state index in [-0.39, 0.29) is 25.9 Å². The highest BCUT2D eigenvalue weighted by Crippen LogP contribution is 2.55. The number of hydrogen-bond acceptors (Lipinski definition) is 4. The molecule has 1 aliphatic rings. The molecule has 90 valence electrons. The Kier molecular flexibility index (Phi) is 5.49. The molecule has 0 aromatic carbocycles. The summed E-state index contributed by atoms with van der Waals surface area (Å²) in [5.74, 6) is 0.225. The minimum atomic E-state index is -3.27. The standard InChI is InChI=1S/C7H16ClN2O4P/c8-2-5-14-15(13)9(6-11)3-1-4-10(15)7-12/h11-12H,1-7H2. The largest absolute Gasteiger partial charge is 0.381 e. The summed E-state index contributed by atoms with van der Waals surface area (Å²) in [5.41, 5.74) is 0. The molecule has 0 amide bonds. The van der Waals surface area contributed by atoms with Crippen LogP contribution in [0.25, 0.3) is 0 Å². The molecule has 0 saturated carbocycles. The van der Waals surface area contributed by atoms with E-state index in [2.05, 4.69) is 0 Å². The van der Waals surface area contributed by atoms with Crippen molar-refractivity contribution in [3.8, 4) is 0 Å². The van der Waals surface area contributed by atoms with Gasteiger partial charge in [0.15, 0.2) is 0 Å². The number of rotatable bonds is 5. The van der Waals surface area contributed by atoms with Gasteiger partial charge >= 0.3 is 7.67 Å². The predicted molar refractivity (Wildman–Crippen MR) is 56.5 cm³/mol. The minimum absolute atomic E-state index is 0.131. The fourth-order valence-electron chi connectivity index (χ4n) is 1.49. The predicted octanol–water partition coefficient (Wildman–Crippen LogP) is 0.257. The molecule has 1 heterocycles. The number of hydrogen-bond donors (Lipinski definition) is 2. The maximum absolute atomic E-state index is 12.4. The Balaban J connectivity index is 2.76. The molecule has 0 spiro atoms. The molecule has 0 radical (unpaired) electrons. The summed E-state index contributed by atoms with van der Waals surface area (Å²) in [6, 6.07) is 0. The smallest absolute Gasteiger partial charge is 0.349 e. The second-order valence-corrected chi connectivity index (χ2v) is 5.86. The first-order valence-electron chi connectivity index (χ1n) is 4.72. The Morgan fingerprint density at radius 3 is 2.20 bits per heavy atom. The van der Waals surface area contributed by atoms with Gasteiger partial charge in [-0.3, -0.25) is 4.57 Å². The lowest BCUT2D eigenvalue weighted by Gasteiger charge is -2.40. The van der Waals surface area contributed by atoms with Crippen molar-refractivity contribution in [2.24, 2.45) is 0 Å². The molecule has 1 aliphatic heterocycles. The van der Waals surface area contributed by atoms with Crippen LogP contribution in [-0.4, -0.2) is 58.6 Å². The first-order chi connectivity index (χ1) is 7.19. The second-order valence-electron chi connectivity index (χ2n) is 3.11. The first kappa shape index (κ1) is 13.4. The number of aliphatic hydroxyl groups excluding tert-OH is 2. The van der Waals surface area contributed by atoms with Crippen LogP contribution in [-0.2, 0) is 9.09 Å². The molecule has 0 bridgehead atoms. The summed E-state index contributed by atoms with van der Waals surface area (Å²) in [5, 5.41) is 18.1. The van der Waals surface area contributed by atoms with Crippen molar-refractivity contribution in [1.82, 2.24) is 9.34 Å². The number of nitrogens with zero attached hydrogens (tertiary/aromatic N) is 2. The van der Waals surface area contributed by atoms with Gasteiger partial charge in [0, 0.05) is 19.0 Å². The van der Waals surface area contributed by atoms with Crippen molar-refractivity contribution in [2.45, 2.75) is 6.42 Å². The van der Waals surface area contributed by atoms with E-state index in [4.69, 9.17) is 26.3 Å². The normalized spacial score (nSPS) is 23.1. The topological polar surface area (TPSA) is 73.2 Å². The zero-order chi connectivity index (χ0) is 11.3. The van der Waals surface area contributed by atoms with Gasteiger partial charge in [0.1, 0.15) is 13.5 Å². The third-order valence-electron chi connectivity index (χ3n) is 2.21. The molecule has 1 rings (SSSR count). The summed E-state index contributed by atoms with van der Waals surface area (Å²) >= 11 is 5.46. The molecule has 0 aromatic rings. The second kappa shape index (κ2) is 6.15. The van der Waals surface area contributed by atoms with E-state index in [0.29, 0.717) is 13.1 Å². The maximum atomic E-state index is 12.4. The van der Waals surface area contributed by atoms with Gasteiger partial charge in [-0.1, -0.05) is 0 Å². The highest BCUT2D eigenvalue weighted by atomic mass is 35.5. The molecule has 2 N–H and O–H groups in total. The van der Waals surface area contributed by atoms with Crippen molar-refractivity contribution < 1.29 is 19.3 Å². The van der Waals surface area contributed by atoms with Crippen molar-refractivity contribution in [1.29, 1.82) is 0 Å². The van der Waals surface area contributed by atoms with Gasteiger partial charge in [-0.25, -0.2) is 0 Å². The Hall–Kier alpha value is 0.320. The fraction of sp³-hybridized carbons (Fsp3) is 1.00. The average molecular weight is 259 g/mol. The highest BCUT2D eigenvalue weighted by Gasteiger charge is 2.40. The van der Waals surface area contributed by atoms with Gasteiger partial charge in [0.2, 0.25) is 0 Å². The van der Waals surface area contributed by atoms with Crippen LogP contribution in [0, 0.1) is 0 Å². The van der Waals surface area contributed by atoms with Crippen LogP contribution in [0.5, 0.6) is 0 Å². The van der Waals surface area contributed by atoms with Crippen LogP contribution in [0.1, 0.15) is 6.42 Å². The van der Waals surface area contributed by atoms with Gasteiger partial charge in [-0.05, 0) is 6.42 Å². The third-order valence-corrected chi connectivity index (χ3v) is 4.97. The van der Waals surface area contributed by atoms with Gasteiger partial charge in [0.05, 0.1) is 6.61 Å². The number of halogens is 1. The lowest BCUT2D eigenvalue weighted by atomic mass is 10.4. The first-order valence-corrected chi connectivity index (χ1v) is 6.78. The van der Waals surface area contributed by atoms with Gasteiger partial charge in [-0.15, -0.1) is 11.6 Å². The zero-order valence-electron chi connectivity index (χ0n) is 8.38. The zero-order valence-corrected chi connectivity index (χ0v) is 10.0. The quantitative estimate of drug-likeness (QED) is 0.544. The van der Waals surface area contributed by atoms with Crippen molar-refractivity contribution >= 4 is 19.3 Å². The van der Waals surface area contributed by atoms with Crippen LogP contribution < -0.4 is 0 Å². The lowest BCUT2D eigenvalue weighted by Crippen LogP contribution is -2.41. The highest BCUT2D eigenvalue weighted by molar-refractivity contribution is 7.54. The monoisotopic (exact) mass is 258 g/mol. The molecule has 6 nitrogen and oxygen atoms in total. The van der Waals surface area contributed by atoms with E-state index in [0.717, 1.165) is 6.42 Å². The molecule has 15 heavy (non-hydrogen) atoms. The van der Waals surface area contributed by atoms with E-state index in [9.17, 15) is 4.57 Å². The Morgan fingerprint density at radius 2 is 1.80 bits per heavy atom. The Labute approximate surface area is 93.9 Å². The summed E-state index contributed by atoms with van der Waals surface area (Å²) in [7, 11) is -3.27. The molecule has 0 atom stereocenters. The van der Waals surface area contributed by atoms with Crippen LogP contribution in [0.3, 0.4) is 0 Å². The summed E-state index contributed by atoms with van der Waals surface area (Å²) in [4.78, 5) is 0. The van der Waals surface area contributed by atoms with Crippen molar-refractivity contribution in [3.63, 3.8) is 0 Å². The van der Waals surface area contributed by atoms with Gasteiger partial charge < -0.3 is 14.7 Å². The molecular formula is C7H16ClN2O4P. The van der Waals surface area contributed by atoms with E-state index >= 15 is 0 Å². The molecule has 0 unspecified atom stereocenters. The van der Waals surface area contributed by atoms with Crippen LogP contribution in [0.2, 0.25) is 0 Å². The molecule has 0 aromatic heterocycles. The van der Waals surface area contributed by atoms with Crippen LogP contribution >= 0.6 is 19.3 Å². The lowest BCUT2D eigenvalue weighted by molar-refractivity contribution is 0.0800. The van der Waals surface area contributed by atoms with Crippen LogP contribution in [0.15, 0.2) is 0 Å². The maximum Gasteiger partial charge on any atom is 0.349 e. The molecular weight excluding hydrogens is 243 g/mol. The molecule has 1 fully saturated rings. The van der Waals surface area contributed by atoms with E-state index in [1.54, 1.807) is 0 Å². The minimum Gasteiger partial charge on any atom is -0.381 e. The fourth-order valence-corrected chi connectivity index (χ4v) is 3.79.